The maximum Gasteiger partial charge on any atom is 0.226 e. The molecule has 0 aromatic carbocycles. The van der Waals surface area contributed by atoms with E-state index >= 15 is 0 Å². The van der Waals surface area contributed by atoms with Crippen LogP contribution in [0.5, 0.6) is 0 Å². The van der Waals surface area contributed by atoms with Crippen LogP contribution in [0.3, 0.4) is 0 Å². The summed E-state index contributed by atoms with van der Waals surface area (Å²) in [4.78, 5) is 24.7. The van der Waals surface area contributed by atoms with Gasteiger partial charge in [-0.2, -0.15) is 0 Å². The topological polar surface area (TPSA) is 37.4 Å². The number of rotatable bonds is 2. The number of ketones is 1. The zero-order chi connectivity index (χ0) is 10.8. The molecule has 2 rings (SSSR count). The van der Waals surface area contributed by atoms with Gasteiger partial charge >= 0.3 is 0 Å². The zero-order valence-corrected chi connectivity index (χ0v) is 9.37. The molecule has 2 fully saturated rings. The highest BCUT2D eigenvalue weighted by molar-refractivity contribution is 5.96. The van der Waals surface area contributed by atoms with Crippen LogP contribution in [0.25, 0.3) is 0 Å². The van der Waals surface area contributed by atoms with Gasteiger partial charge in [0.15, 0.2) is 0 Å². The van der Waals surface area contributed by atoms with E-state index in [0.717, 1.165) is 31.8 Å². The molecule has 1 heterocycles. The number of hydrogen-bond donors (Lipinski definition) is 0. The average Bonchev–Trinajstić information content (AvgIpc) is 2.24. The van der Waals surface area contributed by atoms with E-state index in [9.17, 15) is 9.59 Å². The van der Waals surface area contributed by atoms with E-state index in [1.165, 1.54) is 6.42 Å². The highest BCUT2D eigenvalue weighted by Gasteiger charge is 2.36. The first kappa shape index (κ1) is 10.7. The third-order valence-corrected chi connectivity index (χ3v) is 3.80. The molecule has 84 valence electrons. The summed E-state index contributed by atoms with van der Waals surface area (Å²) in [5, 5.41) is 0. The van der Waals surface area contributed by atoms with Gasteiger partial charge in [0.2, 0.25) is 5.91 Å². The number of likely N-dealkylation sites (tertiary alicyclic amines) is 1. The molecule has 1 amide bonds. The van der Waals surface area contributed by atoms with Crippen molar-refractivity contribution in [2.24, 2.45) is 11.8 Å². The molecule has 2 aliphatic rings. The SMILES string of the molecule is CCC1CCN(C(=O)C2CC(=O)C2)CC1. The summed E-state index contributed by atoms with van der Waals surface area (Å²) in [6.07, 6.45) is 4.49. The molecule has 0 radical (unpaired) electrons. The van der Waals surface area contributed by atoms with Gasteiger partial charge in [-0.1, -0.05) is 13.3 Å². The monoisotopic (exact) mass is 209 g/mol. The van der Waals surface area contributed by atoms with E-state index in [1.807, 2.05) is 4.90 Å². The van der Waals surface area contributed by atoms with E-state index in [4.69, 9.17) is 0 Å². The highest BCUT2D eigenvalue weighted by atomic mass is 16.2. The van der Waals surface area contributed by atoms with Crippen LogP contribution in [0, 0.1) is 11.8 Å². The molecule has 0 aromatic heterocycles. The molecule has 3 heteroatoms. The van der Waals surface area contributed by atoms with Crippen molar-refractivity contribution in [3.63, 3.8) is 0 Å². The fourth-order valence-electron chi connectivity index (χ4n) is 2.48. The molecule has 0 bridgehead atoms. The molecule has 0 aromatic rings. The molecule has 15 heavy (non-hydrogen) atoms. The van der Waals surface area contributed by atoms with Gasteiger partial charge < -0.3 is 4.90 Å². The first-order valence-corrected chi connectivity index (χ1v) is 6.01. The van der Waals surface area contributed by atoms with Gasteiger partial charge in [0, 0.05) is 25.9 Å². The van der Waals surface area contributed by atoms with Crippen LogP contribution in [0.15, 0.2) is 0 Å². The van der Waals surface area contributed by atoms with Gasteiger partial charge in [0.05, 0.1) is 5.92 Å². The van der Waals surface area contributed by atoms with Crippen molar-refractivity contribution in [3.8, 4) is 0 Å². The van der Waals surface area contributed by atoms with E-state index in [2.05, 4.69) is 6.92 Å². The van der Waals surface area contributed by atoms with Crippen molar-refractivity contribution in [1.29, 1.82) is 0 Å². The Kier molecular flexibility index (Phi) is 3.08. The summed E-state index contributed by atoms with van der Waals surface area (Å²) in [7, 11) is 0. The van der Waals surface area contributed by atoms with Gasteiger partial charge in [-0.05, 0) is 18.8 Å². The molecule has 0 spiro atoms. The van der Waals surface area contributed by atoms with Crippen molar-refractivity contribution in [2.45, 2.75) is 39.0 Å². The van der Waals surface area contributed by atoms with Gasteiger partial charge in [-0.15, -0.1) is 0 Å². The normalized spacial score (nSPS) is 24.1. The Morgan fingerprint density at radius 3 is 2.40 bits per heavy atom. The summed E-state index contributed by atoms with van der Waals surface area (Å²) < 4.78 is 0. The molecule has 1 aliphatic carbocycles. The first-order chi connectivity index (χ1) is 7.20. The summed E-state index contributed by atoms with van der Waals surface area (Å²) in [5.74, 6) is 1.30. The summed E-state index contributed by atoms with van der Waals surface area (Å²) in [5.41, 5.74) is 0. The molecule has 1 saturated carbocycles. The lowest BCUT2D eigenvalue weighted by atomic mass is 9.82. The second-order valence-corrected chi connectivity index (χ2v) is 4.82. The van der Waals surface area contributed by atoms with Gasteiger partial charge in [-0.25, -0.2) is 0 Å². The Balaban J connectivity index is 1.80. The van der Waals surface area contributed by atoms with Crippen LogP contribution < -0.4 is 0 Å². The van der Waals surface area contributed by atoms with Crippen molar-refractivity contribution >= 4 is 11.7 Å². The zero-order valence-electron chi connectivity index (χ0n) is 9.37. The number of amides is 1. The van der Waals surface area contributed by atoms with Crippen molar-refractivity contribution in [1.82, 2.24) is 4.90 Å². The molecule has 0 unspecified atom stereocenters. The maximum absolute atomic E-state index is 11.9. The molecule has 3 nitrogen and oxygen atoms in total. The number of carbonyl (C=O) groups is 2. The Morgan fingerprint density at radius 1 is 1.33 bits per heavy atom. The molecule has 1 aliphatic heterocycles. The van der Waals surface area contributed by atoms with Crippen molar-refractivity contribution in [3.05, 3.63) is 0 Å². The van der Waals surface area contributed by atoms with Gasteiger partial charge in [0.1, 0.15) is 5.78 Å². The van der Waals surface area contributed by atoms with Crippen LogP contribution in [0.2, 0.25) is 0 Å². The third kappa shape index (κ3) is 2.21. The summed E-state index contributed by atoms with van der Waals surface area (Å²) in [6, 6.07) is 0. The fraction of sp³-hybridized carbons (Fsp3) is 0.833. The third-order valence-electron chi connectivity index (χ3n) is 3.80. The number of piperidine rings is 1. The minimum absolute atomic E-state index is 0.0238. The Morgan fingerprint density at radius 2 is 1.93 bits per heavy atom. The Bertz CT molecular complexity index is 259. The van der Waals surface area contributed by atoms with E-state index < -0.39 is 0 Å². The second-order valence-electron chi connectivity index (χ2n) is 4.82. The van der Waals surface area contributed by atoms with Crippen LogP contribution in [0.4, 0.5) is 0 Å². The lowest BCUT2D eigenvalue weighted by Gasteiger charge is -2.35. The predicted molar refractivity (Wildman–Crippen MR) is 57.3 cm³/mol. The predicted octanol–water partition coefficient (Wildman–Crippen LogP) is 1.61. The fourth-order valence-corrected chi connectivity index (χ4v) is 2.48. The van der Waals surface area contributed by atoms with Crippen molar-refractivity contribution < 1.29 is 9.59 Å². The summed E-state index contributed by atoms with van der Waals surface area (Å²) in [6.45, 7) is 4.02. The molecule has 0 atom stereocenters. The van der Waals surface area contributed by atoms with E-state index in [-0.39, 0.29) is 17.6 Å². The van der Waals surface area contributed by atoms with Crippen molar-refractivity contribution in [2.75, 3.05) is 13.1 Å². The molecular weight excluding hydrogens is 190 g/mol. The van der Waals surface area contributed by atoms with Gasteiger partial charge in [-0.3, -0.25) is 9.59 Å². The van der Waals surface area contributed by atoms with Crippen LogP contribution in [-0.4, -0.2) is 29.7 Å². The maximum atomic E-state index is 11.9. The lowest BCUT2D eigenvalue weighted by molar-refractivity contribution is -0.146. The first-order valence-electron chi connectivity index (χ1n) is 6.01. The minimum atomic E-state index is 0.0238. The average molecular weight is 209 g/mol. The van der Waals surface area contributed by atoms with E-state index in [0.29, 0.717) is 12.8 Å². The lowest BCUT2D eigenvalue weighted by Crippen LogP contribution is -2.45. The number of nitrogens with zero attached hydrogens (tertiary/aromatic N) is 1. The van der Waals surface area contributed by atoms with Crippen LogP contribution in [-0.2, 0) is 9.59 Å². The van der Waals surface area contributed by atoms with Crippen LogP contribution in [0.1, 0.15) is 39.0 Å². The standard InChI is InChI=1S/C12H19NO2/c1-2-9-3-5-13(6-4-9)12(15)10-7-11(14)8-10/h9-10H,2-8H2,1H3. The van der Waals surface area contributed by atoms with Gasteiger partial charge in [0.25, 0.3) is 0 Å². The highest BCUT2D eigenvalue weighted by Crippen LogP contribution is 2.28. The Hall–Kier alpha value is -0.860. The quantitative estimate of drug-likeness (QED) is 0.693. The van der Waals surface area contributed by atoms with E-state index in [1.54, 1.807) is 0 Å². The molecule has 0 N–H and O–H groups in total. The largest absolute Gasteiger partial charge is 0.342 e. The Labute approximate surface area is 90.8 Å². The van der Waals surface area contributed by atoms with Crippen LogP contribution >= 0.6 is 0 Å². The summed E-state index contributed by atoms with van der Waals surface area (Å²) >= 11 is 0. The number of carbonyl (C=O) groups excluding carboxylic acids is 2. The second kappa shape index (κ2) is 4.33. The minimum Gasteiger partial charge on any atom is -0.342 e. The number of Topliss-reactive ketones (excluding diaryl/α,β-unsaturated/α-hetero) is 1. The molecule has 1 saturated heterocycles. The smallest absolute Gasteiger partial charge is 0.226 e. The number of hydrogen-bond acceptors (Lipinski definition) is 2. The molecular formula is C12H19NO2.